The van der Waals surface area contributed by atoms with Crippen LogP contribution in [0.15, 0.2) is 22.8 Å². The average Bonchev–Trinajstić information content (AvgIpc) is 2.75. The van der Waals surface area contributed by atoms with E-state index < -0.39 is 0 Å². The van der Waals surface area contributed by atoms with Crippen molar-refractivity contribution < 1.29 is 9.52 Å². The van der Waals surface area contributed by atoms with E-state index in [-0.39, 0.29) is 12.6 Å². The van der Waals surface area contributed by atoms with Crippen molar-refractivity contribution in [3.8, 4) is 0 Å². The first-order valence-electron chi connectivity index (χ1n) is 5.78. The van der Waals surface area contributed by atoms with Gasteiger partial charge in [-0.25, -0.2) is 0 Å². The number of piperazine rings is 1. The van der Waals surface area contributed by atoms with Crippen molar-refractivity contribution in [2.24, 2.45) is 0 Å². The quantitative estimate of drug-likeness (QED) is 0.823. The van der Waals surface area contributed by atoms with Crippen LogP contribution in [0.4, 0.5) is 0 Å². The molecule has 2 rings (SSSR count). The summed E-state index contributed by atoms with van der Waals surface area (Å²) < 4.78 is 5.36. The van der Waals surface area contributed by atoms with Crippen LogP contribution in [0.5, 0.6) is 0 Å². The predicted octanol–water partition coefficient (Wildman–Crippen LogP) is 0.776. The van der Waals surface area contributed by atoms with Crippen molar-refractivity contribution in [2.75, 3.05) is 26.7 Å². The summed E-state index contributed by atoms with van der Waals surface area (Å²) in [4.78, 5) is 4.59. The first-order chi connectivity index (χ1) is 7.70. The van der Waals surface area contributed by atoms with Gasteiger partial charge in [0, 0.05) is 25.2 Å². The number of aliphatic hydroxyl groups excluding tert-OH is 1. The number of furan rings is 1. The molecule has 1 aromatic heterocycles. The lowest BCUT2D eigenvalue weighted by atomic mass is 10.1. The van der Waals surface area contributed by atoms with Gasteiger partial charge in [0.1, 0.15) is 5.76 Å². The summed E-state index contributed by atoms with van der Waals surface area (Å²) in [5.41, 5.74) is 0. The molecule has 2 heterocycles. The molecular formula is C12H20N2O2. The zero-order valence-corrected chi connectivity index (χ0v) is 9.97. The minimum Gasteiger partial charge on any atom is -0.468 e. The third kappa shape index (κ3) is 2.45. The lowest BCUT2D eigenvalue weighted by Gasteiger charge is -2.42. The summed E-state index contributed by atoms with van der Waals surface area (Å²) in [7, 11) is 2.07. The second-order valence-electron chi connectivity index (χ2n) is 4.63. The minimum absolute atomic E-state index is 0.220. The van der Waals surface area contributed by atoms with Crippen LogP contribution >= 0.6 is 0 Å². The average molecular weight is 224 g/mol. The molecule has 1 aliphatic rings. The highest BCUT2D eigenvalue weighted by molar-refractivity contribution is 4.99. The molecule has 2 unspecified atom stereocenters. The number of nitrogens with zero attached hydrogens (tertiary/aromatic N) is 2. The number of rotatable bonds is 3. The second kappa shape index (κ2) is 4.99. The van der Waals surface area contributed by atoms with Crippen LogP contribution < -0.4 is 0 Å². The van der Waals surface area contributed by atoms with Crippen molar-refractivity contribution in [1.82, 2.24) is 9.80 Å². The van der Waals surface area contributed by atoms with Crippen LogP contribution in [-0.2, 0) is 6.54 Å². The van der Waals surface area contributed by atoms with Crippen LogP contribution in [0.25, 0.3) is 0 Å². The molecule has 0 aromatic carbocycles. The van der Waals surface area contributed by atoms with E-state index in [1.54, 1.807) is 6.26 Å². The molecule has 1 aliphatic heterocycles. The highest BCUT2D eigenvalue weighted by Gasteiger charge is 2.29. The van der Waals surface area contributed by atoms with Gasteiger partial charge in [-0.15, -0.1) is 0 Å². The third-order valence-corrected chi connectivity index (χ3v) is 3.39. The monoisotopic (exact) mass is 224 g/mol. The zero-order chi connectivity index (χ0) is 11.5. The number of hydrogen-bond acceptors (Lipinski definition) is 4. The van der Waals surface area contributed by atoms with Crippen molar-refractivity contribution in [2.45, 2.75) is 25.6 Å². The van der Waals surface area contributed by atoms with Crippen LogP contribution in [0.1, 0.15) is 12.7 Å². The van der Waals surface area contributed by atoms with Crippen molar-refractivity contribution in [3.05, 3.63) is 24.2 Å². The maximum absolute atomic E-state index is 9.30. The fraction of sp³-hybridized carbons (Fsp3) is 0.667. The number of aliphatic hydroxyl groups is 1. The van der Waals surface area contributed by atoms with Crippen LogP contribution in [0, 0.1) is 0 Å². The van der Waals surface area contributed by atoms with Crippen molar-refractivity contribution in [3.63, 3.8) is 0 Å². The Morgan fingerprint density at radius 3 is 2.94 bits per heavy atom. The van der Waals surface area contributed by atoms with Gasteiger partial charge in [0.15, 0.2) is 0 Å². The molecule has 1 saturated heterocycles. The second-order valence-corrected chi connectivity index (χ2v) is 4.63. The van der Waals surface area contributed by atoms with Crippen LogP contribution in [0.2, 0.25) is 0 Å². The summed E-state index contributed by atoms with van der Waals surface area (Å²) in [6.45, 7) is 5.16. The van der Waals surface area contributed by atoms with Gasteiger partial charge >= 0.3 is 0 Å². The molecule has 0 saturated carbocycles. The molecule has 4 nitrogen and oxygen atoms in total. The summed E-state index contributed by atoms with van der Waals surface area (Å²) >= 11 is 0. The SMILES string of the molecule is CC1CN(C)C(CO)CN1Cc1ccco1. The molecule has 1 N–H and O–H groups in total. The van der Waals surface area contributed by atoms with E-state index in [1.165, 1.54) is 0 Å². The van der Waals surface area contributed by atoms with E-state index in [0.717, 1.165) is 25.4 Å². The molecule has 0 aliphatic carbocycles. The molecular weight excluding hydrogens is 204 g/mol. The number of likely N-dealkylation sites (N-methyl/N-ethyl adjacent to an activating group) is 1. The summed E-state index contributed by atoms with van der Waals surface area (Å²) in [5.74, 6) is 0.994. The van der Waals surface area contributed by atoms with Gasteiger partial charge in [0.05, 0.1) is 19.4 Å². The predicted molar refractivity (Wildman–Crippen MR) is 62.1 cm³/mol. The van der Waals surface area contributed by atoms with Gasteiger partial charge in [0.2, 0.25) is 0 Å². The van der Waals surface area contributed by atoms with Gasteiger partial charge < -0.3 is 9.52 Å². The van der Waals surface area contributed by atoms with E-state index in [9.17, 15) is 5.11 Å². The Balaban J connectivity index is 1.98. The largest absolute Gasteiger partial charge is 0.468 e. The molecule has 0 bridgehead atoms. The molecule has 0 radical (unpaired) electrons. The first kappa shape index (κ1) is 11.6. The Hall–Kier alpha value is -0.840. The summed E-state index contributed by atoms with van der Waals surface area (Å²) in [6.07, 6.45) is 1.71. The van der Waals surface area contributed by atoms with E-state index >= 15 is 0 Å². The Kier molecular flexibility index (Phi) is 3.63. The smallest absolute Gasteiger partial charge is 0.117 e. The molecule has 1 aromatic rings. The Labute approximate surface area is 96.5 Å². The van der Waals surface area contributed by atoms with Crippen LogP contribution in [-0.4, -0.2) is 53.7 Å². The molecule has 90 valence electrons. The molecule has 4 heteroatoms. The molecule has 0 spiro atoms. The molecule has 1 fully saturated rings. The van der Waals surface area contributed by atoms with Crippen LogP contribution in [0.3, 0.4) is 0 Å². The maximum atomic E-state index is 9.30. The van der Waals surface area contributed by atoms with E-state index in [2.05, 4.69) is 23.8 Å². The highest BCUT2D eigenvalue weighted by Crippen LogP contribution is 2.16. The van der Waals surface area contributed by atoms with Gasteiger partial charge in [-0.2, -0.15) is 0 Å². The minimum atomic E-state index is 0.220. The molecule has 2 atom stereocenters. The molecule has 0 amide bonds. The molecule has 16 heavy (non-hydrogen) atoms. The normalized spacial score (nSPS) is 28.4. The van der Waals surface area contributed by atoms with E-state index in [1.807, 2.05) is 12.1 Å². The van der Waals surface area contributed by atoms with E-state index in [0.29, 0.717) is 6.04 Å². The Bertz CT molecular complexity index is 313. The zero-order valence-electron chi connectivity index (χ0n) is 9.97. The lowest BCUT2D eigenvalue weighted by molar-refractivity contribution is 0.0175. The fourth-order valence-electron chi connectivity index (χ4n) is 2.29. The number of hydrogen-bond donors (Lipinski definition) is 1. The lowest BCUT2D eigenvalue weighted by Crippen LogP contribution is -2.56. The first-order valence-corrected chi connectivity index (χ1v) is 5.78. The van der Waals surface area contributed by atoms with Gasteiger partial charge in [0.25, 0.3) is 0 Å². The van der Waals surface area contributed by atoms with Gasteiger partial charge in [-0.1, -0.05) is 0 Å². The Morgan fingerprint density at radius 1 is 1.50 bits per heavy atom. The fourth-order valence-corrected chi connectivity index (χ4v) is 2.29. The topological polar surface area (TPSA) is 39.9 Å². The Morgan fingerprint density at radius 2 is 2.31 bits per heavy atom. The van der Waals surface area contributed by atoms with Crippen molar-refractivity contribution >= 4 is 0 Å². The van der Waals surface area contributed by atoms with Gasteiger partial charge in [-0.3, -0.25) is 9.80 Å². The maximum Gasteiger partial charge on any atom is 0.117 e. The van der Waals surface area contributed by atoms with E-state index in [4.69, 9.17) is 4.42 Å². The van der Waals surface area contributed by atoms with Gasteiger partial charge in [-0.05, 0) is 26.1 Å². The highest BCUT2D eigenvalue weighted by atomic mass is 16.3. The summed E-state index contributed by atoms with van der Waals surface area (Å²) in [5, 5.41) is 9.30. The van der Waals surface area contributed by atoms with Crippen molar-refractivity contribution in [1.29, 1.82) is 0 Å². The summed E-state index contributed by atoms with van der Waals surface area (Å²) in [6, 6.07) is 4.66. The standard InChI is InChI=1S/C12H20N2O2/c1-10-6-13(2)11(9-15)7-14(10)8-12-4-3-5-16-12/h3-5,10-11,15H,6-9H2,1-2H3. The third-order valence-electron chi connectivity index (χ3n) is 3.39.